The highest BCUT2D eigenvalue weighted by Crippen LogP contribution is 2.32. The van der Waals surface area contributed by atoms with Gasteiger partial charge in [0.2, 0.25) is 0 Å². The number of halogens is 1. The van der Waals surface area contributed by atoms with Crippen LogP contribution in [0.5, 0.6) is 11.5 Å². The molecule has 5 heteroatoms. The number of methoxy groups -OCH3 is 1. The normalized spacial score (nSPS) is 12.2. The zero-order valence-electron chi connectivity index (χ0n) is 18.4. The topological polar surface area (TPSA) is 47.6 Å². The molecule has 2 aromatic rings. The second-order valence-corrected chi connectivity index (χ2v) is 8.88. The van der Waals surface area contributed by atoms with E-state index in [1.807, 2.05) is 38.1 Å². The van der Waals surface area contributed by atoms with Gasteiger partial charge in [-0.15, -0.1) is 0 Å². The van der Waals surface area contributed by atoms with Crippen LogP contribution in [-0.2, 0) is 4.79 Å². The van der Waals surface area contributed by atoms with E-state index in [1.54, 1.807) is 7.11 Å². The second-order valence-electron chi connectivity index (χ2n) is 8.03. The quantitative estimate of drug-likeness (QED) is 0.503. The van der Waals surface area contributed by atoms with Crippen molar-refractivity contribution in [3.05, 3.63) is 57.1 Å². The van der Waals surface area contributed by atoms with Crippen molar-refractivity contribution in [1.82, 2.24) is 5.32 Å². The maximum absolute atomic E-state index is 12.5. The Bertz CT molecular complexity index is 861. The molecule has 0 bridgehead atoms. The molecule has 0 aliphatic rings. The predicted octanol–water partition coefficient (Wildman–Crippen LogP) is 6.27. The maximum Gasteiger partial charge on any atom is 0.258 e. The van der Waals surface area contributed by atoms with Crippen LogP contribution in [0.3, 0.4) is 0 Å². The standard InChI is InChI=1S/C24H32BrNO3/c1-14(2)18-8-9-22(21(25)11-18)29-13-24(27)26-17(6)20-12-19(15(3)4)23(28-7)10-16(20)5/h8-12,14-15,17H,13H2,1-7H3,(H,26,27). The first-order chi connectivity index (χ1) is 13.6. The van der Waals surface area contributed by atoms with Crippen molar-refractivity contribution < 1.29 is 14.3 Å². The number of carbonyl (C=O) groups is 1. The van der Waals surface area contributed by atoms with Crippen LogP contribution in [0, 0.1) is 6.92 Å². The lowest BCUT2D eigenvalue weighted by atomic mass is 9.93. The summed E-state index contributed by atoms with van der Waals surface area (Å²) >= 11 is 3.53. The van der Waals surface area contributed by atoms with Crippen molar-refractivity contribution >= 4 is 21.8 Å². The van der Waals surface area contributed by atoms with Gasteiger partial charge in [0.15, 0.2) is 6.61 Å². The second kappa shape index (κ2) is 10.1. The molecule has 0 aliphatic carbocycles. The van der Waals surface area contributed by atoms with Gasteiger partial charge >= 0.3 is 0 Å². The molecule has 0 heterocycles. The largest absolute Gasteiger partial charge is 0.496 e. The Balaban J connectivity index is 2.05. The van der Waals surface area contributed by atoms with E-state index in [-0.39, 0.29) is 18.6 Å². The minimum atomic E-state index is -0.154. The number of ether oxygens (including phenoxy) is 2. The maximum atomic E-state index is 12.5. The monoisotopic (exact) mass is 461 g/mol. The Hall–Kier alpha value is -2.01. The molecule has 29 heavy (non-hydrogen) atoms. The van der Waals surface area contributed by atoms with Gasteiger partial charge in [-0.25, -0.2) is 0 Å². The van der Waals surface area contributed by atoms with E-state index >= 15 is 0 Å². The van der Waals surface area contributed by atoms with Gasteiger partial charge < -0.3 is 14.8 Å². The molecule has 1 unspecified atom stereocenters. The third-order valence-electron chi connectivity index (χ3n) is 5.07. The molecule has 2 rings (SSSR count). The lowest BCUT2D eigenvalue weighted by Crippen LogP contribution is -2.31. The summed E-state index contributed by atoms with van der Waals surface area (Å²) in [5.74, 6) is 2.17. The van der Waals surface area contributed by atoms with E-state index < -0.39 is 0 Å². The fraction of sp³-hybridized carbons (Fsp3) is 0.458. The van der Waals surface area contributed by atoms with E-state index in [0.717, 1.165) is 26.9 Å². The van der Waals surface area contributed by atoms with Crippen LogP contribution in [0.15, 0.2) is 34.8 Å². The zero-order chi connectivity index (χ0) is 21.7. The van der Waals surface area contributed by atoms with Gasteiger partial charge in [-0.05, 0) is 88.1 Å². The number of aryl methyl sites for hydroxylation is 1. The van der Waals surface area contributed by atoms with Gasteiger partial charge in [0.25, 0.3) is 5.91 Å². The molecule has 0 saturated carbocycles. The Morgan fingerprint density at radius 1 is 1.00 bits per heavy atom. The van der Waals surface area contributed by atoms with Gasteiger partial charge in [-0.3, -0.25) is 4.79 Å². The summed E-state index contributed by atoms with van der Waals surface area (Å²) in [4.78, 5) is 12.5. The Kier molecular flexibility index (Phi) is 8.14. The minimum absolute atomic E-state index is 0.0315. The van der Waals surface area contributed by atoms with Gasteiger partial charge in [-0.2, -0.15) is 0 Å². The van der Waals surface area contributed by atoms with Crippen LogP contribution in [0.2, 0.25) is 0 Å². The van der Waals surface area contributed by atoms with Crippen molar-refractivity contribution in [2.75, 3.05) is 13.7 Å². The van der Waals surface area contributed by atoms with E-state index in [1.165, 1.54) is 5.56 Å². The number of nitrogens with one attached hydrogen (secondary N) is 1. The number of hydrogen-bond acceptors (Lipinski definition) is 3. The summed E-state index contributed by atoms with van der Waals surface area (Å²) in [6.45, 7) is 12.5. The third kappa shape index (κ3) is 5.99. The van der Waals surface area contributed by atoms with Crippen LogP contribution in [0.1, 0.15) is 74.8 Å². The lowest BCUT2D eigenvalue weighted by Gasteiger charge is -2.21. The number of hydrogen-bond donors (Lipinski definition) is 1. The molecule has 158 valence electrons. The molecule has 0 fully saturated rings. The summed E-state index contributed by atoms with van der Waals surface area (Å²) in [6, 6.07) is 10.0. The highest BCUT2D eigenvalue weighted by atomic mass is 79.9. The highest BCUT2D eigenvalue weighted by Gasteiger charge is 2.17. The van der Waals surface area contributed by atoms with Crippen molar-refractivity contribution in [3.63, 3.8) is 0 Å². The summed E-state index contributed by atoms with van der Waals surface area (Å²) in [5, 5.41) is 3.04. The molecule has 4 nitrogen and oxygen atoms in total. The van der Waals surface area contributed by atoms with Gasteiger partial charge in [0.05, 0.1) is 17.6 Å². The first kappa shape index (κ1) is 23.3. The van der Waals surface area contributed by atoms with Crippen molar-refractivity contribution in [1.29, 1.82) is 0 Å². The first-order valence-corrected chi connectivity index (χ1v) is 10.8. The molecule has 1 N–H and O–H groups in total. The van der Waals surface area contributed by atoms with E-state index in [4.69, 9.17) is 9.47 Å². The van der Waals surface area contributed by atoms with Gasteiger partial charge in [0, 0.05) is 0 Å². The van der Waals surface area contributed by atoms with Gasteiger partial charge in [0.1, 0.15) is 11.5 Å². The van der Waals surface area contributed by atoms with Crippen molar-refractivity contribution in [3.8, 4) is 11.5 Å². The van der Waals surface area contributed by atoms with Crippen LogP contribution < -0.4 is 14.8 Å². The SMILES string of the molecule is COc1cc(C)c(C(C)NC(=O)COc2ccc(C(C)C)cc2Br)cc1C(C)C. The van der Waals surface area contributed by atoms with E-state index in [2.05, 4.69) is 55.0 Å². The molecule has 2 aromatic carbocycles. The Labute approximate surface area is 183 Å². The Morgan fingerprint density at radius 2 is 1.69 bits per heavy atom. The summed E-state index contributed by atoms with van der Waals surface area (Å²) in [6.07, 6.45) is 0. The summed E-state index contributed by atoms with van der Waals surface area (Å²) in [7, 11) is 1.69. The molecule has 1 atom stereocenters. The highest BCUT2D eigenvalue weighted by molar-refractivity contribution is 9.10. The first-order valence-electron chi connectivity index (χ1n) is 10.0. The lowest BCUT2D eigenvalue weighted by molar-refractivity contribution is -0.123. The van der Waals surface area contributed by atoms with E-state index in [9.17, 15) is 4.79 Å². The van der Waals surface area contributed by atoms with Crippen LogP contribution in [0.4, 0.5) is 0 Å². The molecular formula is C24H32BrNO3. The molecule has 0 aliphatic heterocycles. The number of rotatable bonds is 8. The molecule has 0 spiro atoms. The summed E-state index contributed by atoms with van der Waals surface area (Å²) in [5.41, 5.74) is 4.54. The van der Waals surface area contributed by atoms with Crippen LogP contribution in [0.25, 0.3) is 0 Å². The zero-order valence-corrected chi connectivity index (χ0v) is 20.0. The van der Waals surface area contributed by atoms with Crippen LogP contribution >= 0.6 is 15.9 Å². The fourth-order valence-electron chi connectivity index (χ4n) is 3.31. The van der Waals surface area contributed by atoms with Gasteiger partial charge in [-0.1, -0.05) is 33.8 Å². The smallest absolute Gasteiger partial charge is 0.258 e. The van der Waals surface area contributed by atoms with Crippen molar-refractivity contribution in [2.45, 2.75) is 59.4 Å². The average Bonchev–Trinajstić information content (AvgIpc) is 2.66. The number of amides is 1. The fourth-order valence-corrected chi connectivity index (χ4v) is 3.82. The Morgan fingerprint density at radius 3 is 2.24 bits per heavy atom. The van der Waals surface area contributed by atoms with E-state index in [0.29, 0.717) is 17.6 Å². The third-order valence-corrected chi connectivity index (χ3v) is 5.69. The molecule has 0 aromatic heterocycles. The average molecular weight is 462 g/mol. The molecule has 0 radical (unpaired) electrons. The predicted molar refractivity (Wildman–Crippen MR) is 122 cm³/mol. The molecule has 0 saturated heterocycles. The number of benzene rings is 2. The number of carbonyl (C=O) groups excluding carboxylic acids is 1. The summed E-state index contributed by atoms with van der Waals surface area (Å²) < 4.78 is 12.1. The minimum Gasteiger partial charge on any atom is -0.496 e. The molecular weight excluding hydrogens is 430 g/mol. The van der Waals surface area contributed by atoms with Crippen molar-refractivity contribution in [2.24, 2.45) is 0 Å². The molecule has 1 amide bonds. The van der Waals surface area contributed by atoms with Crippen LogP contribution in [-0.4, -0.2) is 19.6 Å².